The Hall–Kier alpha value is -12.4. The molecule has 7 N–H and O–H groups in total. The molecule has 9 aromatic rings. The number of halogens is 3. The SMILES string of the molecule is C=C=N[Si](C)(C)C.CC(=O)c1cc(Br)ccc1O.CC1(C)CC(=O)CCO1.CC1(C)CC2(CCO1)CC(=NC#N)c1cc(-c3cccc(C#N)c3)ccc1O2.CC1(C)CC2(CCO1)CC(=O)c1cc(-c3cccc(C#N)c3)ccc1O2.CC1(C)CC2(CCO1)CC(=O)c1cc(Br)ccc1O2.CN1OC2(CC3(CCOC(C)(C)C3)Oc3ccc(-c4cccc(C#N)c4)cc32)N=C1N.CNO.Cl.N#Cc1cccc(B(O)O)c1. The van der Waals surface area contributed by atoms with Gasteiger partial charge < -0.3 is 68.7 Å². The second-order valence-corrected chi connectivity index (χ2v) is 47.6. The Morgan fingerprint density at radius 3 is 1.28 bits per heavy atom. The van der Waals surface area contributed by atoms with E-state index in [9.17, 15) is 29.7 Å². The van der Waals surface area contributed by atoms with Crippen molar-refractivity contribution in [2.45, 2.75) is 242 Å². The molecule has 10 aliphatic heterocycles. The molecule has 19 rings (SSSR count). The summed E-state index contributed by atoms with van der Waals surface area (Å²) < 4.78 is 60.1. The lowest BCUT2D eigenvalue weighted by molar-refractivity contribution is -0.224. The number of aliphatic imine (C=N–C) groups is 2. The summed E-state index contributed by atoms with van der Waals surface area (Å²) in [5.41, 5.74) is 16.3. The lowest BCUT2D eigenvalue weighted by Crippen LogP contribution is -2.55. The van der Waals surface area contributed by atoms with Crippen molar-refractivity contribution in [3.63, 3.8) is 0 Å². The van der Waals surface area contributed by atoms with Crippen molar-refractivity contribution in [2.24, 2.45) is 20.4 Å². The number of benzene rings is 9. The molecular formula is C112H127BBr2ClN11O18Si. The van der Waals surface area contributed by atoms with Gasteiger partial charge in [0.1, 0.15) is 56.9 Å². The van der Waals surface area contributed by atoms with E-state index in [0.29, 0.717) is 146 Å². The van der Waals surface area contributed by atoms with Crippen molar-refractivity contribution in [1.29, 1.82) is 26.3 Å². The first-order valence-electron chi connectivity index (χ1n) is 47.8. The summed E-state index contributed by atoms with van der Waals surface area (Å²) in [6.07, 6.45) is 11.1. The van der Waals surface area contributed by atoms with Crippen molar-refractivity contribution in [2.75, 3.05) is 47.1 Å². The van der Waals surface area contributed by atoms with Crippen LogP contribution in [-0.2, 0) is 39.0 Å². The first-order chi connectivity index (χ1) is 68.4. The predicted molar refractivity (Wildman–Crippen MR) is 571 cm³/mol. The number of hydrogen-bond acceptors (Lipinski definition) is 29. The monoisotopic (exact) mass is 2150 g/mol. The van der Waals surface area contributed by atoms with Gasteiger partial charge in [0.2, 0.25) is 17.9 Å². The largest absolute Gasteiger partial charge is 0.507 e. The van der Waals surface area contributed by atoms with Crippen molar-refractivity contribution < 1.29 is 87.0 Å². The molecule has 0 bridgehead atoms. The summed E-state index contributed by atoms with van der Waals surface area (Å²) in [6.45, 7) is 34.7. The van der Waals surface area contributed by atoms with E-state index < -0.39 is 37.9 Å². The van der Waals surface area contributed by atoms with Crippen LogP contribution < -0.4 is 35.6 Å². The van der Waals surface area contributed by atoms with Crippen LogP contribution in [-0.4, -0.2) is 179 Å². The van der Waals surface area contributed by atoms with Crippen molar-refractivity contribution in [3.8, 4) is 92.6 Å². The molecule has 5 saturated heterocycles. The summed E-state index contributed by atoms with van der Waals surface area (Å²) >= 11 is 6.60. The molecule has 34 heteroatoms. The Morgan fingerprint density at radius 1 is 0.500 bits per heavy atom. The van der Waals surface area contributed by atoms with Crippen molar-refractivity contribution in [3.05, 3.63) is 254 Å². The van der Waals surface area contributed by atoms with Gasteiger partial charge in [-0.2, -0.15) is 31.3 Å². The van der Waals surface area contributed by atoms with E-state index >= 15 is 0 Å². The number of ketones is 4. The number of Topliss-reactive ketones (excluding diaryl/α,β-unsaturated/α-hetero) is 4. The number of nitrogens with zero attached hydrogens (tertiary/aromatic N) is 9. The topological polar surface area (TPSA) is 439 Å². The smallest absolute Gasteiger partial charge is 0.488 e. The van der Waals surface area contributed by atoms with E-state index in [2.05, 4.69) is 133 Å². The molecule has 5 atom stereocenters. The van der Waals surface area contributed by atoms with E-state index in [1.807, 2.05) is 167 Å². The number of nitrogens with two attached hydrogens (primary N) is 1. The number of phenols is 1. The van der Waals surface area contributed by atoms with Gasteiger partial charge in [-0.25, -0.2) is 20.4 Å². The molecule has 146 heavy (non-hydrogen) atoms. The van der Waals surface area contributed by atoms with Crippen LogP contribution in [0.2, 0.25) is 19.6 Å². The van der Waals surface area contributed by atoms with Gasteiger partial charge in [-0.15, -0.1) is 12.4 Å². The second kappa shape index (κ2) is 49.0. The number of aromatic hydroxyl groups is 1. The Labute approximate surface area is 879 Å². The van der Waals surface area contributed by atoms with Crippen LogP contribution in [0.5, 0.6) is 28.7 Å². The summed E-state index contributed by atoms with van der Waals surface area (Å²) in [6, 6.07) is 65.1. The van der Waals surface area contributed by atoms with Crippen LogP contribution >= 0.6 is 44.3 Å². The van der Waals surface area contributed by atoms with E-state index in [1.165, 1.54) is 31.2 Å². The van der Waals surface area contributed by atoms with Crippen LogP contribution in [0, 0.1) is 56.8 Å². The number of hydroxylamine groups is 3. The number of carbonyl (C=O) groups is 4. The Bertz CT molecular complexity index is 6630. The zero-order valence-corrected chi connectivity index (χ0v) is 90.4. The maximum absolute atomic E-state index is 12.9. The lowest BCUT2D eigenvalue weighted by atomic mass is 9.75. The second-order valence-electron chi connectivity index (χ2n) is 41.3. The third-order valence-corrected chi connectivity index (χ3v) is 27.2. The van der Waals surface area contributed by atoms with E-state index in [4.69, 9.17) is 94.3 Å². The van der Waals surface area contributed by atoms with Crippen LogP contribution in [0.3, 0.4) is 0 Å². The van der Waals surface area contributed by atoms with E-state index in [-0.39, 0.29) is 69.1 Å². The summed E-state index contributed by atoms with van der Waals surface area (Å²) in [5.74, 6) is 6.23. The highest BCUT2D eigenvalue weighted by Gasteiger charge is 2.58. The standard InChI is InChI=1S/C24H26N4O3.C23H21N3O2.C22H21NO3.C15H17BrO3.C8H7BrO2.C7H6BNO2.C7H12O2.C5H11NSi.CH5NO.ClH/c1-22(2)14-23(9-10-29-22)15-24(27-21(26)28(3)31-24)19-12-18(7-8-20(19)30-23)17-6-4-5-16(11-17)13-25;1-22(2)14-23(8-9-27-22)12-20(26-15-25)19-11-18(6-7-21(19)28-23)17-5-3-4-16(10-17)13-24;1-21(2)14-22(8-9-25-21)12-19(24)18-11-17(6-7-20(18)26-22)16-5-3-4-15(10-16)13-23;1-14(2)9-15(5-6-18-14)8-12(17)11-7-10(16)3-4-13(11)19-15;1-5(10)7-4-6(9)2-3-8(7)11;9-5-6-2-1-3-7(4-6)8(10)11;1-7(2)5-6(8)3-4-9-7;1-5-6-7(2,3)4;1-2-3;/h4-8,11-12H,9-10,14-15H2,1-3H3,(H2,26,27);3-7,10-11H,8-9,12,14H2,1-2H3;3-7,10-11H,8-9,12,14H2,1-2H3;3-4,7H,5-6,8-9H2,1-2H3;2-4,11H,1H3;1-4,10-11H;3-5H2,1-2H3;1H2,2-4H3;2-3H,1H3;1H. The maximum Gasteiger partial charge on any atom is 0.488 e. The van der Waals surface area contributed by atoms with Gasteiger partial charge >= 0.3 is 7.12 Å². The zero-order chi connectivity index (χ0) is 106. The minimum atomic E-state index is -1.50. The maximum atomic E-state index is 12.9. The van der Waals surface area contributed by atoms with Gasteiger partial charge in [0, 0.05) is 106 Å². The summed E-state index contributed by atoms with van der Waals surface area (Å²) in [4.78, 5) is 62.1. The fourth-order valence-corrected chi connectivity index (χ4v) is 20.6. The zero-order valence-electron chi connectivity index (χ0n) is 85.4. The molecule has 0 amide bonds. The summed E-state index contributed by atoms with van der Waals surface area (Å²) in [7, 11) is 0.495. The van der Waals surface area contributed by atoms with E-state index in [0.717, 1.165) is 116 Å². The van der Waals surface area contributed by atoms with Crippen molar-refractivity contribution >= 4 is 106 Å². The molecule has 10 aliphatic rings. The third-order valence-electron chi connectivity index (χ3n) is 25.4. The van der Waals surface area contributed by atoms with Crippen LogP contribution in [0.15, 0.2) is 218 Å². The summed E-state index contributed by atoms with van der Waals surface area (Å²) in [5, 5.41) is 80.6. The number of fused-ring (bicyclic) bond motifs is 5. The fourth-order valence-electron chi connectivity index (χ4n) is 19.5. The number of ether oxygens (including phenoxy) is 9. The van der Waals surface area contributed by atoms with Gasteiger partial charge in [0.15, 0.2) is 25.6 Å². The average molecular weight is 2150 g/mol. The van der Waals surface area contributed by atoms with Gasteiger partial charge in [-0.1, -0.05) is 98.6 Å². The molecule has 5 unspecified atom stereocenters. The average Bonchev–Trinajstić information content (AvgIpc) is 0.771. The first-order valence-corrected chi connectivity index (χ1v) is 52.8. The van der Waals surface area contributed by atoms with Gasteiger partial charge in [0.05, 0.1) is 148 Å². The number of hydrogen-bond donors (Lipinski definition) is 6. The van der Waals surface area contributed by atoms with Gasteiger partial charge in [-0.3, -0.25) is 23.8 Å². The molecule has 5 spiro atoms. The molecular weight excluding hydrogens is 2020 g/mol. The molecule has 10 heterocycles. The Balaban J connectivity index is 0.000000178. The van der Waals surface area contributed by atoms with Crippen LogP contribution in [0.1, 0.15) is 231 Å². The highest BCUT2D eigenvalue weighted by atomic mass is 79.9. The molecule has 9 aromatic carbocycles. The predicted octanol–water partition coefficient (Wildman–Crippen LogP) is 21.0. The molecule has 5 fully saturated rings. The quantitative estimate of drug-likeness (QED) is 0.0296. The molecule has 0 aliphatic carbocycles. The number of nitrogens with one attached hydrogen (secondary N) is 1. The molecule has 0 saturated carbocycles. The third kappa shape index (κ3) is 31.1. The highest BCUT2D eigenvalue weighted by Crippen LogP contribution is 2.55. The molecule has 0 aromatic heterocycles. The normalized spacial score (nSPS) is 22.3. The molecule has 766 valence electrons. The number of phenolic OH excluding ortho intramolecular Hbond substituents is 1. The minimum Gasteiger partial charge on any atom is -0.507 e. The first kappa shape index (κ1) is 116. The highest BCUT2D eigenvalue weighted by molar-refractivity contribution is 9.10. The Morgan fingerprint density at radius 2 is 0.884 bits per heavy atom. The lowest BCUT2D eigenvalue weighted by Gasteiger charge is -2.50. The van der Waals surface area contributed by atoms with Crippen LogP contribution in [0.4, 0.5) is 0 Å². The minimum absolute atomic E-state index is 0. The number of guanidine groups is 1. The van der Waals surface area contributed by atoms with E-state index in [1.54, 1.807) is 61.1 Å². The number of rotatable bonds is 6. The van der Waals surface area contributed by atoms with Gasteiger partial charge in [-0.05, 0) is 268 Å². The fraction of sp³-hybridized carbons (Fsp3) is 0.402. The molecule has 0 radical (unpaired) electrons. The van der Waals surface area contributed by atoms with Gasteiger partial charge in [0.25, 0.3) is 0 Å². The number of carbonyl (C=O) groups excluding carboxylic acids is 4. The Kier molecular flexibility index (Phi) is 38.8. The van der Waals surface area contributed by atoms with Crippen molar-refractivity contribution in [1.82, 2.24) is 10.5 Å². The van der Waals surface area contributed by atoms with Crippen LogP contribution in [0.25, 0.3) is 33.4 Å². The number of nitriles is 5. The molecule has 29 nitrogen and oxygen atoms in total.